The zero-order valence-electron chi connectivity index (χ0n) is 17.6. The van der Waals surface area contributed by atoms with Crippen molar-refractivity contribution in [3.8, 4) is 0 Å². The van der Waals surface area contributed by atoms with Crippen molar-refractivity contribution in [3.05, 3.63) is 64.3 Å². The van der Waals surface area contributed by atoms with E-state index < -0.39 is 5.56 Å². The lowest BCUT2D eigenvalue weighted by Crippen LogP contribution is -2.41. The molecule has 3 aromatic rings. The summed E-state index contributed by atoms with van der Waals surface area (Å²) in [5.41, 5.74) is 1.31. The molecular weight excluding hydrogens is 394 g/mol. The Bertz CT molecular complexity index is 1110. The van der Waals surface area contributed by atoms with Crippen LogP contribution < -0.4 is 16.2 Å². The average molecular weight is 422 g/mol. The van der Waals surface area contributed by atoms with Gasteiger partial charge < -0.3 is 20.2 Å². The summed E-state index contributed by atoms with van der Waals surface area (Å²) < 4.78 is 1.26. The third-order valence-corrected chi connectivity index (χ3v) is 5.71. The van der Waals surface area contributed by atoms with Crippen molar-refractivity contribution in [1.29, 1.82) is 0 Å². The molecule has 3 N–H and O–H groups in total. The molecule has 1 aliphatic carbocycles. The molecule has 1 fully saturated rings. The van der Waals surface area contributed by atoms with Gasteiger partial charge in [0.05, 0.1) is 17.1 Å². The predicted octanol–water partition coefficient (Wildman–Crippen LogP) is 2.66. The number of H-pyrrole nitrogens is 1. The van der Waals surface area contributed by atoms with Gasteiger partial charge >= 0.3 is 0 Å². The number of nitrogens with one attached hydrogen (secondary N) is 3. The Morgan fingerprint density at radius 2 is 1.94 bits per heavy atom. The summed E-state index contributed by atoms with van der Waals surface area (Å²) in [5, 5.41) is 5.81. The molecule has 4 rings (SSSR count). The van der Waals surface area contributed by atoms with E-state index in [4.69, 9.17) is 0 Å². The summed E-state index contributed by atoms with van der Waals surface area (Å²) in [6.07, 6.45) is 6.77. The number of pyridine rings is 1. The maximum Gasteiger partial charge on any atom is 0.263 e. The number of carbonyl (C=O) groups is 2. The number of carbonyl (C=O) groups excluding carboxylic acids is 2. The maximum absolute atomic E-state index is 12.8. The Morgan fingerprint density at radius 1 is 1.16 bits per heavy atom. The minimum Gasteiger partial charge on any atom is -0.349 e. The van der Waals surface area contributed by atoms with Gasteiger partial charge in [-0.3, -0.25) is 14.4 Å². The van der Waals surface area contributed by atoms with Gasteiger partial charge in [-0.05, 0) is 44.0 Å². The van der Waals surface area contributed by atoms with E-state index >= 15 is 0 Å². The number of benzene rings is 1. The Balaban J connectivity index is 1.41. The second-order valence-electron chi connectivity index (χ2n) is 8.09. The second-order valence-corrected chi connectivity index (χ2v) is 8.09. The molecule has 2 aromatic heterocycles. The quantitative estimate of drug-likeness (QED) is 0.568. The van der Waals surface area contributed by atoms with Crippen LogP contribution in [0.3, 0.4) is 0 Å². The van der Waals surface area contributed by atoms with Crippen LogP contribution in [0.25, 0.3) is 11.0 Å². The zero-order valence-corrected chi connectivity index (χ0v) is 17.6. The molecule has 2 heterocycles. The van der Waals surface area contributed by atoms with Crippen LogP contribution in [0.2, 0.25) is 0 Å². The SMILES string of the molecule is CC(NC(=O)Cn1cccc(C(=O)NC2CCCCC2)c1=O)c1nc2ccccc2[nH]1. The summed E-state index contributed by atoms with van der Waals surface area (Å²) in [6, 6.07) is 10.5. The Hall–Kier alpha value is -3.42. The third kappa shape index (κ3) is 4.84. The van der Waals surface area contributed by atoms with Crippen molar-refractivity contribution in [2.24, 2.45) is 0 Å². The van der Waals surface area contributed by atoms with E-state index in [1.807, 2.05) is 31.2 Å². The molecular formula is C23H27N5O3. The minimum absolute atomic E-state index is 0.0613. The highest BCUT2D eigenvalue weighted by atomic mass is 16.2. The lowest BCUT2D eigenvalue weighted by atomic mass is 9.95. The van der Waals surface area contributed by atoms with E-state index in [9.17, 15) is 14.4 Å². The van der Waals surface area contributed by atoms with Gasteiger partial charge in [0, 0.05) is 12.2 Å². The van der Waals surface area contributed by atoms with Gasteiger partial charge in [-0.25, -0.2) is 4.98 Å². The molecule has 1 saturated carbocycles. The van der Waals surface area contributed by atoms with Gasteiger partial charge in [0.15, 0.2) is 0 Å². The van der Waals surface area contributed by atoms with E-state index in [2.05, 4.69) is 20.6 Å². The molecule has 2 amide bonds. The smallest absolute Gasteiger partial charge is 0.263 e. The van der Waals surface area contributed by atoms with E-state index in [1.54, 1.807) is 6.07 Å². The van der Waals surface area contributed by atoms with Gasteiger partial charge in [-0.15, -0.1) is 0 Å². The fourth-order valence-corrected chi connectivity index (χ4v) is 4.03. The summed E-state index contributed by atoms with van der Waals surface area (Å²) >= 11 is 0. The van der Waals surface area contributed by atoms with Crippen LogP contribution in [0.5, 0.6) is 0 Å². The number of aromatic nitrogens is 3. The fourth-order valence-electron chi connectivity index (χ4n) is 4.03. The van der Waals surface area contributed by atoms with Crippen molar-refractivity contribution in [2.75, 3.05) is 0 Å². The van der Waals surface area contributed by atoms with Crippen LogP contribution >= 0.6 is 0 Å². The number of fused-ring (bicyclic) bond motifs is 1. The van der Waals surface area contributed by atoms with Gasteiger partial charge in [-0.1, -0.05) is 31.4 Å². The molecule has 1 aromatic carbocycles. The van der Waals surface area contributed by atoms with Crippen molar-refractivity contribution < 1.29 is 9.59 Å². The monoisotopic (exact) mass is 421 g/mol. The number of imidazole rings is 1. The Morgan fingerprint density at radius 3 is 2.71 bits per heavy atom. The topological polar surface area (TPSA) is 109 Å². The normalized spacial score (nSPS) is 15.5. The maximum atomic E-state index is 12.8. The number of amides is 2. The zero-order chi connectivity index (χ0) is 21.8. The minimum atomic E-state index is -0.470. The number of nitrogens with zero attached hydrogens (tertiary/aromatic N) is 2. The van der Waals surface area contributed by atoms with Crippen LogP contribution in [0.15, 0.2) is 47.4 Å². The van der Waals surface area contributed by atoms with E-state index in [1.165, 1.54) is 23.3 Å². The molecule has 1 aliphatic rings. The Labute approximate surface area is 180 Å². The van der Waals surface area contributed by atoms with Crippen LogP contribution in [-0.2, 0) is 11.3 Å². The first-order chi connectivity index (χ1) is 15.0. The predicted molar refractivity (Wildman–Crippen MR) is 118 cm³/mol. The summed E-state index contributed by atoms with van der Waals surface area (Å²) in [5.74, 6) is -0.0651. The number of rotatable bonds is 6. The lowest BCUT2D eigenvalue weighted by molar-refractivity contribution is -0.122. The van der Waals surface area contributed by atoms with Crippen molar-refractivity contribution in [3.63, 3.8) is 0 Å². The first-order valence-corrected chi connectivity index (χ1v) is 10.8. The molecule has 0 radical (unpaired) electrons. The molecule has 0 spiro atoms. The Kier molecular flexibility index (Phi) is 6.16. The van der Waals surface area contributed by atoms with Gasteiger partial charge in [-0.2, -0.15) is 0 Å². The summed E-state index contributed by atoms with van der Waals surface area (Å²) in [6.45, 7) is 1.65. The first kappa shape index (κ1) is 20.8. The molecule has 0 saturated heterocycles. The molecule has 0 aliphatic heterocycles. The number of para-hydroxylation sites is 2. The lowest BCUT2D eigenvalue weighted by Gasteiger charge is -2.22. The van der Waals surface area contributed by atoms with Crippen LogP contribution in [0.1, 0.15) is 61.3 Å². The van der Waals surface area contributed by atoms with Gasteiger partial charge in [0.2, 0.25) is 5.91 Å². The van der Waals surface area contributed by atoms with E-state index in [0.29, 0.717) is 5.82 Å². The highest BCUT2D eigenvalue weighted by Crippen LogP contribution is 2.18. The molecule has 31 heavy (non-hydrogen) atoms. The van der Waals surface area contributed by atoms with Crippen molar-refractivity contribution in [2.45, 2.75) is 57.7 Å². The molecule has 0 bridgehead atoms. The van der Waals surface area contributed by atoms with Crippen LogP contribution in [-0.4, -0.2) is 32.4 Å². The second kappa shape index (κ2) is 9.16. The van der Waals surface area contributed by atoms with Crippen LogP contribution in [0.4, 0.5) is 0 Å². The molecule has 1 atom stereocenters. The largest absolute Gasteiger partial charge is 0.349 e. The standard InChI is InChI=1S/C23H27N5O3/c1-15(21-26-18-11-5-6-12-19(18)27-21)24-20(29)14-28-13-7-10-17(23(28)31)22(30)25-16-8-3-2-4-9-16/h5-7,10-13,15-16H,2-4,8-9,14H2,1H3,(H,24,29)(H,25,30)(H,26,27). The number of hydrogen-bond donors (Lipinski definition) is 3. The third-order valence-electron chi connectivity index (χ3n) is 5.71. The van der Waals surface area contributed by atoms with Crippen LogP contribution in [0, 0.1) is 0 Å². The highest BCUT2D eigenvalue weighted by Gasteiger charge is 2.20. The average Bonchev–Trinajstić information content (AvgIpc) is 3.20. The molecule has 8 nitrogen and oxygen atoms in total. The fraction of sp³-hybridized carbons (Fsp3) is 0.391. The molecule has 1 unspecified atom stereocenters. The highest BCUT2D eigenvalue weighted by molar-refractivity contribution is 5.94. The van der Waals surface area contributed by atoms with Crippen molar-refractivity contribution >= 4 is 22.8 Å². The van der Waals surface area contributed by atoms with Crippen molar-refractivity contribution in [1.82, 2.24) is 25.2 Å². The molecule has 8 heteroatoms. The van der Waals surface area contributed by atoms with E-state index in [-0.39, 0.29) is 36.0 Å². The summed E-state index contributed by atoms with van der Waals surface area (Å²) in [4.78, 5) is 45.6. The van der Waals surface area contributed by atoms with Gasteiger partial charge in [0.1, 0.15) is 17.9 Å². The van der Waals surface area contributed by atoms with Gasteiger partial charge in [0.25, 0.3) is 11.5 Å². The molecule has 162 valence electrons. The summed E-state index contributed by atoms with van der Waals surface area (Å²) in [7, 11) is 0. The number of hydrogen-bond acceptors (Lipinski definition) is 4. The number of aromatic amines is 1. The van der Waals surface area contributed by atoms with E-state index in [0.717, 1.165) is 36.7 Å². The first-order valence-electron chi connectivity index (χ1n) is 10.8.